The van der Waals surface area contributed by atoms with Gasteiger partial charge in [-0.3, -0.25) is 4.98 Å². The van der Waals surface area contributed by atoms with Crippen LogP contribution in [0.25, 0.3) is 10.1 Å². The lowest BCUT2D eigenvalue weighted by Gasteiger charge is -2.00. The molecule has 2 heterocycles. The number of hydrogen-bond acceptors (Lipinski definition) is 2. The van der Waals surface area contributed by atoms with Crippen LogP contribution in [0.4, 0.5) is 0 Å². The number of nitrogens with zero attached hydrogens (tertiary/aromatic N) is 1. The summed E-state index contributed by atoms with van der Waals surface area (Å²) >= 11 is 1.78. The topological polar surface area (TPSA) is 12.9 Å². The minimum Gasteiger partial charge on any atom is -0.263 e. The third kappa shape index (κ3) is 2.13. The largest absolute Gasteiger partial charge is 0.263 e. The molecule has 0 aromatic carbocycles. The Morgan fingerprint density at radius 3 is 2.64 bits per heavy atom. The van der Waals surface area contributed by atoms with E-state index in [2.05, 4.69) is 30.3 Å². The van der Waals surface area contributed by atoms with Gasteiger partial charge in [0.05, 0.1) is 4.70 Å². The predicted octanol–water partition coefficient (Wildman–Crippen LogP) is 4.45. The van der Waals surface area contributed by atoms with Crippen LogP contribution in [0.3, 0.4) is 0 Å². The summed E-state index contributed by atoms with van der Waals surface area (Å²) in [5.41, 5.74) is 1.44. The highest BCUT2D eigenvalue weighted by Crippen LogP contribution is 2.29. The number of aromatic nitrogens is 1. The Balaban J connectivity index is 0.000000461. The second-order valence-electron chi connectivity index (χ2n) is 3.22. The number of rotatable bonds is 1. The Morgan fingerprint density at radius 2 is 2.00 bits per heavy atom. The van der Waals surface area contributed by atoms with E-state index in [-0.39, 0.29) is 0 Å². The molecule has 0 N–H and O–H groups in total. The van der Waals surface area contributed by atoms with E-state index in [9.17, 15) is 0 Å². The fourth-order valence-electron chi connectivity index (χ4n) is 1.35. The summed E-state index contributed by atoms with van der Waals surface area (Å²) in [6, 6.07) is 2.10. The lowest BCUT2D eigenvalue weighted by Crippen LogP contribution is -1.83. The predicted molar refractivity (Wildman–Crippen MR) is 65.1 cm³/mol. The highest BCUT2D eigenvalue weighted by atomic mass is 32.1. The van der Waals surface area contributed by atoms with Crippen molar-refractivity contribution < 1.29 is 0 Å². The minimum absolute atomic E-state index is 0.612. The average Bonchev–Trinajstić information content (AvgIpc) is 2.64. The second kappa shape index (κ2) is 5.11. The molecule has 14 heavy (non-hydrogen) atoms. The molecule has 0 saturated carbocycles. The molecule has 76 valence electrons. The van der Waals surface area contributed by atoms with Crippen LogP contribution < -0.4 is 0 Å². The Morgan fingerprint density at radius 1 is 1.29 bits per heavy atom. The second-order valence-corrected chi connectivity index (χ2v) is 4.13. The van der Waals surface area contributed by atoms with Gasteiger partial charge in [0.15, 0.2) is 0 Å². The van der Waals surface area contributed by atoms with Gasteiger partial charge in [-0.2, -0.15) is 0 Å². The first-order valence-electron chi connectivity index (χ1n) is 5.10. The summed E-state index contributed by atoms with van der Waals surface area (Å²) in [5.74, 6) is 0.612. The lowest BCUT2D eigenvalue weighted by atomic mass is 10.0. The van der Waals surface area contributed by atoms with Crippen LogP contribution in [0, 0.1) is 0 Å². The molecule has 1 nitrogen and oxygen atoms in total. The van der Waals surface area contributed by atoms with Crippen LogP contribution in [0.1, 0.15) is 39.2 Å². The molecule has 0 unspecified atom stereocenters. The molecule has 0 aliphatic carbocycles. The van der Waals surface area contributed by atoms with Crippen molar-refractivity contribution in [3.8, 4) is 0 Å². The highest BCUT2D eigenvalue weighted by Gasteiger charge is 2.05. The zero-order chi connectivity index (χ0) is 10.6. The average molecular weight is 207 g/mol. The normalized spacial score (nSPS) is 10.1. The minimum atomic E-state index is 0.612. The van der Waals surface area contributed by atoms with E-state index < -0.39 is 0 Å². The molecular formula is C12H17NS. The summed E-state index contributed by atoms with van der Waals surface area (Å²) in [5, 5.41) is 3.60. The molecule has 2 aromatic heterocycles. The summed E-state index contributed by atoms with van der Waals surface area (Å²) in [7, 11) is 0. The van der Waals surface area contributed by atoms with Crippen molar-refractivity contribution in [1.82, 2.24) is 4.98 Å². The van der Waals surface area contributed by atoms with E-state index in [1.165, 1.54) is 15.6 Å². The number of fused-ring (bicyclic) bond motifs is 1. The maximum absolute atomic E-state index is 4.10. The van der Waals surface area contributed by atoms with Crippen LogP contribution in [0.2, 0.25) is 0 Å². The van der Waals surface area contributed by atoms with Crippen molar-refractivity contribution >= 4 is 21.4 Å². The van der Waals surface area contributed by atoms with E-state index in [0.29, 0.717) is 5.92 Å². The van der Waals surface area contributed by atoms with Crippen LogP contribution in [-0.4, -0.2) is 4.98 Å². The molecule has 0 amide bonds. The number of pyridine rings is 1. The zero-order valence-electron chi connectivity index (χ0n) is 9.24. The Bertz CT molecular complexity index is 390. The van der Waals surface area contributed by atoms with Crippen LogP contribution in [0.5, 0.6) is 0 Å². The summed E-state index contributed by atoms with van der Waals surface area (Å²) < 4.78 is 1.29. The fourth-order valence-corrected chi connectivity index (χ4v) is 2.44. The Kier molecular flexibility index (Phi) is 4.08. The fraction of sp³-hybridized carbons (Fsp3) is 0.417. The van der Waals surface area contributed by atoms with E-state index >= 15 is 0 Å². The molecule has 0 aliphatic rings. The molecule has 0 saturated heterocycles. The number of thiophene rings is 1. The Labute approximate surface area is 89.8 Å². The van der Waals surface area contributed by atoms with E-state index in [1.54, 1.807) is 11.3 Å². The van der Waals surface area contributed by atoms with Crippen LogP contribution >= 0.6 is 11.3 Å². The molecule has 0 bridgehead atoms. The molecular weight excluding hydrogens is 190 g/mol. The SMILES string of the molecule is CC.CC(C)c1csc2cnccc12. The summed E-state index contributed by atoms with van der Waals surface area (Å²) in [4.78, 5) is 4.10. The van der Waals surface area contributed by atoms with Gasteiger partial charge >= 0.3 is 0 Å². The maximum atomic E-state index is 4.10. The third-order valence-corrected chi connectivity index (χ3v) is 2.98. The smallest absolute Gasteiger partial charge is 0.0529 e. The molecule has 0 atom stereocenters. The molecule has 2 heteroatoms. The van der Waals surface area contributed by atoms with Gasteiger partial charge in [0, 0.05) is 12.4 Å². The van der Waals surface area contributed by atoms with Gasteiger partial charge in [0.1, 0.15) is 0 Å². The molecule has 0 aliphatic heterocycles. The quantitative estimate of drug-likeness (QED) is 0.673. The van der Waals surface area contributed by atoms with Crippen molar-refractivity contribution in [2.24, 2.45) is 0 Å². The van der Waals surface area contributed by atoms with Gasteiger partial charge in [-0.25, -0.2) is 0 Å². The molecule has 2 rings (SSSR count). The van der Waals surface area contributed by atoms with Crippen molar-refractivity contribution in [3.63, 3.8) is 0 Å². The zero-order valence-corrected chi connectivity index (χ0v) is 10.1. The summed E-state index contributed by atoms with van der Waals surface area (Å²) in [6.07, 6.45) is 3.80. The molecule has 0 radical (unpaired) electrons. The van der Waals surface area contributed by atoms with Gasteiger partial charge in [0.25, 0.3) is 0 Å². The van der Waals surface area contributed by atoms with Gasteiger partial charge in [-0.15, -0.1) is 11.3 Å². The van der Waals surface area contributed by atoms with Crippen molar-refractivity contribution in [1.29, 1.82) is 0 Å². The first kappa shape index (κ1) is 11.2. The van der Waals surface area contributed by atoms with Crippen LogP contribution in [-0.2, 0) is 0 Å². The Hall–Kier alpha value is -0.890. The monoisotopic (exact) mass is 207 g/mol. The van der Waals surface area contributed by atoms with Gasteiger partial charge in [-0.1, -0.05) is 27.7 Å². The van der Waals surface area contributed by atoms with Crippen molar-refractivity contribution in [3.05, 3.63) is 29.4 Å². The first-order valence-corrected chi connectivity index (χ1v) is 5.98. The third-order valence-electron chi connectivity index (χ3n) is 2.03. The number of hydrogen-bond donors (Lipinski definition) is 0. The van der Waals surface area contributed by atoms with Crippen LogP contribution in [0.15, 0.2) is 23.8 Å². The summed E-state index contributed by atoms with van der Waals surface area (Å²) in [6.45, 7) is 8.45. The van der Waals surface area contributed by atoms with Gasteiger partial charge < -0.3 is 0 Å². The van der Waals surface area contributed by atoms with Gasteiger partial charge in [-0.05, 0) is 28.3 Å². The first-order chi connectivity index (χ1) is 6.79. The lowest BCUT2D eigenvalue weighted by molar-refractivity contribution is 0.880. The van der Waals surface area contributed by atoms with E-state index in [1.807, 2.05) is 26.2 Å². The highest BCUT2D eigenvalue weighted by molar-refractivity contribution is 7.17. The maximum Gasteiger partial charge on any atom is 0.0529 e. The van der Waals surface area contributed by atoms with Gasteiger partial charge in [0.2, 0.25) is 0 Å². The standard InChI is InChI=1S/C10H11NS.C2H6/c1-7(2)9-6-12-10-5-11-4-3-8(9)10;1-2/h3-7H,1-2H3;1-2H3. The molecule has 2 aromatic rings. The van der Waals surface area contributed by atoms with E-state index in [0.717, 1.165) is 0 Å². The molecule has 0 fully saturated rings. The van der Waals surface area contributed by atoms with Crippen molar-refractivity contribution in [2.45, 2.75) is 33.6 Å². The van der Waals surface area contributed by atoms with E-state index in [4.69, 9.17) is 0 Å². The molecule has 0 spiro atoms. The van der Waals surface area contributed by atoms with Crippen molar-refractivity contribution in [2.75, 3.05) is 0 Å².